The Bertz CT molecular complexity index is 1140. The van der Waals surface area contributed by atoms with Crippen LogP contribution in [-0.4, -0.2) is 37.6 Å². The zero-order chi connectivity index (χ0) is 19.7. The summed E-state index contributed by atoms with van der Waals surface area (Å²) in [5, 5.41) is 10.2. The van der Waals surface area contributed by atoms with E-state index in [2.05, 4.69) is 15.5 Å². The van der Waals surface area contributed by atoms with Gasteiger partial charge in [0.1, 0.15) is 0 Å². The second-order valence-corrected chi connectivity index (χ2v) is 8.13. The van der Waals surface area contributed by atoms with Crippen molar-refractivity contribution in [2.75, 3.05) is 18.4 Å². The molecule has 1 amide bonds. The number of carbonyl (C=O) groups is 1. The number of hydrogen-bond acceptors (Lipinski definition) is 8. The summed E-state index contributed by atoms with van der Waals surface area (Å²) in [7, 11) is -3.32. The lowest BCUT2D eigenvalue weighted by Crippen LogP contribution is -2.12. The summed E-state index contributed by atoms with van der Waals surface area (Å²) < 4.78 is 39.0. The van der Waals surface area contributed by atoms with Crippen molar-refractivity contribution in [1.82, 2.24) is 10.2 Å². The van der Waals surface area contributed by atoms with Crippen LogP contribution < -0.4 is 14.8 Å². The van der Waals surface area contributed by atoms with Crippen molar-refractivity contribution in [2.24, 2.45) is 0 Å². The Hall–Kier alpha value is -3.40. The maximum absolute atomic E-state index is 12.3. The molecule has 0 bridgehead atoms. The molecule has 0 saturated carbocycles. The van der Waals surface area contributed by atoms with Crippen LogP contribution >= 0.6 is 0 Å². The molecule has 0 atom stereocenters. The van der Waals surface area contributed by atoms with E-state index in [9.17, 15) is 13.2 Å². The summed E-state index contributed by atoms with van der Waals surface area (Å²) in [5.74, 6) is 1.17. The van der Waals surface area contributed by atoms with Crippen LogP contribution in [0.1, 0.15) is 21.8 Å². The molecule has 2 heterocycles. The molecule has 4 rings (SSSR count). The lowest BCUT2D eigenvalue weighted by atomic mass is 10.1. The molecule has 0 saturated heterocycles. The summed E-state index contributed by atoms with van der Waals surface area (Å²) in [6.07, 6.45) is 1.46. The number of nitrogens with one attached hydrogen (secondary N) is 1. The molecule has 0 aliphatic carbocycles. The number of aromatic nitrogens is 2. The van der Waals surface area contributed by atoms with Crippen LogP contribution in [0.5, 0.6) is 11.5 Å². The SMILES string of the molecule is CS(=O)(=O)c1ccc(C(=O)Nc2nnc(Cc3ccc4c(c3)OCO4)o2)cc1. The van der Waals surface area contributed by atoms with Gasteiger partial charge in [-0.05, 0) is 42.0 Å². The van der Waals surface area contributed by atoms with Gasteiger partial charge in [0.05, 0.1) is 11.3 Å². The first-order chi connectivity index (χ1) is 13.4. The van der Waals surface area contributed by atoms with Gasteiger partial charge in [-0.2, -0.15) is 0 Å². The fraction of sp³-hybridized carbons (Fsp3) is 0.167. The third-order valence-corrected chi connectivity index (χ3v) is 5.15. The molecule has 3 aromatic rings. The average Bonchev–Trinajstić information content (AvgIpc) is 3.30. The Morgan fingerprint density at radius 1 is 1.07 bits per heavy atom. The van der Waals surface area contributed by atoms with Gasteiger partial charge in [-0.15, -0.1) is 5.10 Å². The number of amides is 1. The quantitative estimate of drug-likeness (QED) is 0.689. The van der Waals surface area contributed by atoms with Crippen LogP contribution in [0.3, 0.4) is 0 Å². The summed E-state index contributed by atoms with van der Waals surface area (Å²) in [5.41, 5.74) is 1.16. The molecule has 0 fully saturated rings. The highest BCUT2D eigenvalue weighted by Crippen LogP contribution is 2.33. The standard InChI is InChI=1S/C18H15N3O6S/c1-28(23,24)13-5-3-12(4-6-13)17(22)19-18-21-20-16(27-18)9-11-2-7-14-15(8-11)26-10-25-14/h2-8H,9-10H2,1H3,(H,19,21,22). The van der Waals surface area contributed by atoms with Crippen molar-refractivity contribution in [3.05, 3.63) is 59.5 Å². The molecule has 0 unspecified atom stereocenters. The third-order valence-electron chi connectivity index (χ3n) is 4.02. The maximum Gasteiger partial charge on any atom is 0.322 e. The number of rotatable bonds is 5. The lowest BCUT2D eigenvalue weighted by Gasteiger charge is -2.02. The number of benzene rings is 2. The summed E-state index contributed by atoms with van der Waals surface area (Å²) in [6, 6.07) is 11.0. The van der Waals surface area contributed by atoms with Crippen molar-refractivity contribution < 1.29 is 27.1 Å². The topological polar surface area (TPSA) is 121 Å². The van der Waals surface area contributed by atoms with Gasteiger partial charge >= 0.3 is 6.01 Å². The van der Waals surface area contributed by atoms with E-state index in [1.54, 1.807) is 6.07 Å². The fourth-order valence-corrected chi connectivity index (χ4v) is 3.25. The van der Waals surface area contributed by atoms with Crippen molar-refractivity contribution in [2.45, 2.75) is 11.3 Å². The van der Waals surface area contributed by atoms with Crippen LogP contribution in [0.25, 0.3) is 0 Å². The average molecular weight is 401 g/mol. The Labute approximate surface area is 160 Å². The second-order valence-electron chi connectivity index (χ2n) is 6.12. The van der Waals surface area contributed by atoms with E-state index in [-0.39, 0.29) is 23.3 Å². The summed E-state index contributed by atoms with van der Waals surface area (Å²) in [4.78, 5) is 12.4. The first-order valence-electron chi connectivity index (χ1n) is 8.21. The van der Waals surface area contributed by atoms with E-state index < -0.39 is 15.7 Å². The smallest absolute Gasteiger partial charge is 0.322 e. The highest BCUT2D eigenvalue weighted by atomic mass is 32.2. The minimum absolute atomic E-state index is 0.0482. The molecule has 1 aliphatic rings. The van der Waals surface area contributed by atoms with E-state index >= 15 is 0 Å². The van der Waals surface area contributed by atoms with Gasteiger partial charge < -0.3 is 13.9 Å². The lowest BCUT2D eigenvalue weighted by molar-refractivity contribution is 0.102. The minimum atomic E-state index is -3.32. The van der Waals surface area contributed by atoms with Crippen LogP contribution in [0.2, 0.25) is 0 Å². The fourth-order valence-electron chi connectivity index (χ4n) is 2.62. The van der Waals surface area contributed by atoms with Gasteiger partial charge in [0.15, 0.2) is 21.3 Å². The van der Waals surface area contributed by atoms with Gasteiger partial charge in [0.25, 0.3) is 5.91 Å². The van der Waals surface area contributed by atoms with E-state index in [1.807, 2.05) is 12.1 Å². The molecular formula is C18H15N3O6S. The van der Waals surface area contributed by atoms with E-state index in [4.69, 9.17) is 13.9 Å². The molecule has 144 valence electrons. The molecule has 0 radical (unpaired) electrons. The van der Waals surface area contributed by atoms with Crippen molar-refractivity contribution in [3.63, 3.8) is 0 Å². The zero-order valence-electron chi connectivity index (χ0n) is 14.7. The highest BCUT2D eigenvalue weighted by Gasteiger charge is 2.16. The Kier molecular flexibility index (Phi) is 4.47. The summed E-state index contributed by atoms with van der Waals surface area (Å²) >= 11 is 0. The van der Waals surface area contributed by atoms with Crippen molar-refractivity contribution in [1.29, 1.82) is 0 Å². The molecule has 2 aromatic carbocycles. The Balaban J connectivity index is 1.42. The number of ether oxygens (including phenoxy) is 2. The van der Waals surface area contributed by atoms with Crippen LogP contribution in [0, 0.1) is 0 Å². The predicted molar refractivity (Wildman–Crippen MR) is 97.2 cm³/mol. The molecule has 1 N–H and O–H groups in total. The van der Waals surface area contributed by atoms with E-state index in [1.165, 1.54) is 24.3 Å². The molecule has 28 heavy (non-hydrogen) atoms. The minimum Gasteiger partial charge on any atom is -0.454 e. The van der Waals surface area contributed by atoms with Gasteiger partial charge in [0.2, 0.25) is 12.7 Å². The number of carbonyl (C=O) groups excluding carboxylic acids is 1. The van der Waals surface area contributed by atoms with Crippen molar-refractivity contribution in [3.8, 4) is 11.5 Å². The van der Waals surface area contributed by atoms with Gasteiger partial charge in [0, 0.05) is 11.8 Å². The number of hydrogen-bond donors (Lipinski definition) is 1. The van der Waals surface area contributed by atoms with Crippen LogP contribution in [-0.2, 0) is 16.3 Å². The second kappa shape index (κ2) is 6.97. The molecule has 0 spiro atoms. The number of anilines is 1. The van der Waals surface area contributed by atoms with Gasteiger partial charge in [-0.1, -0.05) is 11.2 Å². The third kappa shape index (κ3) is 3.81. The molecular weight excluding hydrogens is 386 g/mol. The molecule has 10 heteroatoms. The first kappa shape index (κ1) is 18.0. The normalized spacial score (nSPS) is 12.8. The van der Waals surface area contributed by atoms with Crippen molar-refractivity contribution >= 4 is 21.8 Å². The monoisotopic (exact) mass is 401 g/mol. The number of sulfone groups is 1. The van der Waals surface area contributed by atoms with Crippen LogP contribution in [0.15, 0.2) is 51.8 Å². The van der Waals surface area contributed by atoms with Gasteiger partial charge in [-0.3, -0.25) is 10.1 Å². The van der Waals surface area contributed by atoms with Crippen LogP contribution in [0.4, 0.5) is 6.01 Å². The number of fused-ring (bicyclic) bond motifs is 1. The number of nitrogens with zero attached hydrogens (tertiary/aromatic N) is 2. The Morgan fingerprint density at radius 2 is 1.82 bits per heavy atom. The molecule has 1 aromatic heterocycles. The Morgan fingerprint density at radius 3 is 2.57 bits per heavy atom. The largest absolute Gasteiger partial charge is 0.454 e. The molecule has 1 aliphatic heterocycles. The maximum atomic E-state index is 12.3. The first-order valence-corrected chi connectivity index (χ1v) is 10.1. The zero-order valence-corrected chi connectivity index (χ0v) is 15.5. The molecule has 9 nitrogen and oxygen atoms in total. The predicted octanol–water partition coefficient (Wildman–Crippen LogP) is 2.04. The van der Waals surface area contributed by atoms with E-state index in [0.717, 1.165) is 11.8 Å². The van der Waals surface area contributed by atoms with Gasteiger partial charge in [-0.25, -0.2) is 8.42 Å². The highest BCUT2D eigenvalue weighted by molar-refractivity contribution is 7.90. The summed E-state index contributed by atoms with van der Waals surface area (Å²) in [6.45, 7) is 0.195. The van der Waals surface area contributed by atoms with E-state index in [0.29, 0.717) is 23.8 Å².